The zero-order valence-electron chi connectivity index (χ0n) is 16.6. The highest BCUT2D eigenvalue weighted by molar-refractivity contribution is 6.12. The molecular formula is C26H19N3O2. The van der Waals surface area contributed by atoms with Crippen LogP contribution in [0.4, 0.5) is 0 Å². The van der Waals surface area contributed by atoms with Crippen molar-refractivity contribution in [3.05, 3.63) is 132 Å². The third kappa shape index (κ3) is 5.36. The summed E-state index contributed by atoms with van der Waals surface area (Å²) in [4.78, 5) is 16.0. The molecule has 0 aliphatic carbocycles. The predicted molar refractivity (Wildman–Crippen MR) is 122 cm³/mol. The number of rotatable bonds is 6. The number of carbonyl (C=O) groups excluding carboxylic acids is 1. The van der Waals surface area contributed by atoms with Crippen molar-refractivity contribution in [3.8, 4) is 5.75 Å². The average molecular weight is 405 g/mol. The van der Waals surface area contributed by atoms with Crippen LogP contribution in [0.15, 0.2) is 120 Å². The maximum Gasteiger partial charge on any atom is 0.345 e. The summed E-state index contributed by atoms with van der Waals surface area (Å²) in [7, 11) is 0. The van der Waals surface area contributed by atoms with E-state index >= 15 is 0 Å². The van der Waals surface area contributed by atoms with E-state index in [4.69, 9.17) is 4.74 Å². The first-order chi connectivity index (χ1) is 15.3. The molecule has 0 fully saturated rings. The maximum atomic E-state index is 12.1. The van der Waals surface area contributed by atoms with Crippen molar-refractivity contribution >= 4 is 17.9 Å². The van der Waals surface area contributed by atoms with Gasteiger partial charge in [-0.05, 0) is 42.0 Å². The van der Waals surface area contributed by atoms with E-state index in [1.807, 2.05) is 72.8 Å². The maximum absolute atomic E-state index is 12.1. The van der Waals surface area contributed by atoms with Gasteiger partial charge in [-0.15, -0.1) is 5.10 Å². The molecule has 4 rings (SSSR count). The van der Waals surface area contributed by atoms with Gasteiger partial charge in [-0.25, -0.2) is 4.79 Å². The molecule has 0 aliphatic heterocycles. The van der Waals surface area contributed by atoms with Gasteiger partial charge < -0.3 is 4.74 Å². The van der Waals surface area contributed by atoms with Crippen molar-refractivity contribution in [3.63, 3.8) is 0 Å². The fraction of sp³-hybridized carbons (Fsp3) is 0. The van der Waals surface area contributed by atoms with Crippen LogP contribution >= 0.6 is 0 Å². The minimum atomic E-state index is -0.450. The smallest absolute Gasteiger partial charge is 0.345 e. The van der Waals surface area contributed by atoms with Crippen LogP contribution in [0.25, 0.3) is 0 Å². The van der Waals surface area contributed by atoms with Crippen LogP contribution < -0.4 is 4.74 Å². The van der Waals surface area contributed by atoms with E-state index in [0.29, 0.717) is 11.3 Å². The molecule has 5 nitrogen and oxygen atoms in total. The Morgan fingerprint density at radius 1 is 0.742 bits per heavy atom. The number of aromatic nitrogens is 1. The van der Waals surface area contributed by atoms with E-state index in [-0.39, 0.29) is 0 Å². The summed E-state index contributed by atoms with van der Waals surface area (Å²) in [5.74, 6) is -0.00162. The van der Waals surface area contributed by atoms with Crippen LogP contribution in [0.3, 0.4) is 0 Å². The number of ether oxygens (including phenoxy) is 1. The fourth-order valence-corrected chi connectivity index (χ4v) is 2.90. The lowest BCUT2D eigenvalue weighted by atomic mass is 10.0. The fourth-order valence-electron chi connectivity index (χ4n) is 2.90. The van der Waals surface area contributed by atoms with Crippen LogP contribution in [0.1, 0.15) is 27.0 Å². The first-order valence-electron chi connectivity index (χ1n) is 9.74. The van der Waals surface area contributed by atoms with Crippen LogP contribution in [0.2, 0.25) is 0 Å². The summed E-state index contributed by atoms with van der Waals surface area (Å²) < 4.78 is 5.36. The highest BCUT2D eigenvalue weighted by atomic mass is 16.5. The Balaban J connectivity index is 1.49. The lowest BCUT2D eigenvalue weighted by Gasteiger charge is -2.05. The van der Waals surface area contributed by atoms with Gasteiger partial charge in [0.05, 0.1) is 11.8 Å². The second-order valence-electron chi connectivity index (χ2n) is 6.63. The molecule has 3 aromatic carbocycles. The van der Waals surface area contributed by atoms with E-state index in [1.165, 1.54) is 6.20 Å². The molecule has 0 saturated heterocycles. The molecule has 1 aromatic heterocycles. The Morgan fingerprint density at radius 2 is 1.35 bits per heavy atom. The second kappa shape index (κ2) is 9.89. The lowest BCUT2D eigenvalue weighted by molar-refractivity contribution is 0.0734. The Kier molecular flexibility index (Phi) is 6.36. The molecule has 0 amide bonds. The van der Waals surface area contributed by atoms with Crippen molar-refractivity contribution in [2.75, 3.05) is 0 Å². The van der Waals surface area contributed by atoms with Gasteiger partial charge in [0.25, 0.3) is 0 Å². The quantitative estimate of drug-likeness (QED) is 0.192. The standard InChI is InChI=1S/C26H19N3O2/c30-26(23-12-7-17-27-19-23)31-24-15-13-20(14-16-24)18-28-29-25(21-8-3-1-4-9-21)22-10-5-2-6-11-22/h1-19H/b28-18+. The molecule has 0 saturated carbocycles. The average Bonchev–Trinajstić information content (AvgIpc) is 2.84. The van der Waals surface area contributed by atoms with Gasteiger partial charge in [0.15, 0.2) is 0 Å². The summed E-state index contributed by atoms with van der Waals surface area (Å²) in [5.41, 5.74) is 4.01. The lowest BCUT2D eigenvalue weighted by Crippen LogP contribution is -2.08. The number of esters is 1. The van der Waals surface area contributed by atoms with Gasteiger partial charge >= 0.3 is 5.97 Å². The molecule has 0 N–H and O–H groups in total. The van der Waals surface area contributed by atoms with Gasteiger partial charge in [-0.1, -0.05) is 60.7 Å². The molecule has 0 aliphatic rings. The zero-order chi connectivity index (χ0) is 21.3. The largest absolute Gasteiger partial charge is 0.423 e. The minimum absolute atomic E-state index is 0.400. The molecule has 0 radical (unpaired) electrons. The number of pyridine rings is 1. The van der Waals surface area contributed by atoms with Crippen molar-refractivity contribution in [2.45, 2.75) is 0 Å². The van der Waals surface area contributed by atoms with Crippen molar-refractivity contribution in [2.24, 2.45) is 10.2 Å². The topological polar surface area (TPSA) is 63.9 Å². The van der Waals surface area contributed by atoms with Gasteiger partial charge in [0.1, 0.15) is 11.5 Å². The van der Waals surface area contributed by atoms with E-state index < -0.39 is 5.97 Å². The Bertz CT molecular complexity index is 1150. The van der Waals surface area contributed by atoms with Crippen molar-refractivity contribution in [1.29, 1.82) is 0 Å². The minimum Gasteiger partial charge on any atom is -0.423 e. The summed E-state index contributed by atoms with van der Waals surface area (Å²) in [5, 5.41) is 8.74. The molecule has 4 aromatic rings. The Hall–Kier alpha value is -4.38. The van der Waals surface area contributed by atoms with Crippen molar-refractivity contribution < 1.29 is 9.53 Å². The van der Waals surface area contributed by atoms with Crippen molar-refractivity contribution in [1.82, 2.24) is 4.98 Å². The van der Waals surface area contributed by atoms with Gasteiger partial charge in [0, 0.05) is 23.5 Å². The molecule has 1 heterocycles. The molecule has 5 heteroatoms. The first kappa shape index (κ1) is 19.9. The third-order valence-corrected chi connectivity index (χ3v) is 4.45. The molecule has 150 valence electrons. The summed E-state index contributed by atoms with van der Waals surface area (Å²) in [6.45, 7) is 0. The number of benzene rings is 3. The second-order valence-corrected chi connectivity index (χ2v) is 6.63. The van der Waals surface area contributed by atoms with Gasteiger partial charge in [-0.3, -0.25) is 4.98 Å². The zero-order valence-corrected chi connectivity index (χ0v) is 16.6. The van der Waals surface area contributed by atoms with E-state index in [9.17, 15) is 4.79 Å². The third-order valence-electron chi connectivity index (χ3n) is 4.45. The van der Waals surface area contributed by atoms with E-state index in [2.05, 4.69) is 15.2 Å². The van der Waals surface area contributed by atoms with Crippen LogP contribution in [-0.4, -0.2) is 22.9 Å². The van der Waals surface area contributed by atoms with Crippen LogP contribution in [0.5, 0.6) is 5.75 Å². The molecule has 0 bridgehead atoms. The molecule has 0 spiro atoms. The number of carbonyl (C=O) groups is 1. The number of hydrogen-bond acceptors (Lipinski definition) is 5. The molecule has 0 atom stereocenters. The normalized spacial score (nSPS) is 10.6. The van der Waals surface area contributed by atoms with E-state index in [0.717, 1.165) is 22.4 Å². The van der Waals surface area contributed by atoms with Gasteiger partial charge in [-0.2, -0.15) is 5.10 Å². The van der Waals surface area contributed by atoms with E-state index in [1.54, 1.807) is 36.7 Å². The number of hydrogen-bond donors (Lipinski definition) is 0. The first-order valence-corrected chi connectivity index (χ1v) is 9.74. The van der Waals surface area contributed by atoms with Gasteiger partial charge in [0.2, 0.25) is 0 Å². The SMILES string of the molecule is O=C(Oc1ccc(/C=N/N=C(c2ccccc2)c2ccccc2)cc1)c1cccnc1. The highest BCUT2D eigenvalue weighted by Gasteiger charge is 2.08. The summed E-state index contributed by atoms with van der Waals surface area (Å²) in [6, 6.07) is 30.3. The summed E-state index contributed by atoms with van der Waals surface area (Å²) in [6.07, 6.45) is 4.74. The Morgan fingerprint density at radius 3 is 1.94 bits per heavy atom. The monoisotopic (exact) mass is 405 g/mol. The Labute approximate surface area is 180 Å². The predicted octanol–water partition coefficient (Wildman–Crippen LogP) is 5.17. The van der Waals surface area contributed by atoms with Crippen LogP contribution in [0, 0.1) is 0 Å². The summed E-state index contributed by atoms with van der Waals surface area (Å²) >= 11 is 0. The molecular weight excluding hydrogens is 386 g/mol. The number of nitrogens with zero attached hydrogens (tertiary/aromatic N) is 3. The highest BCUT2D eigenvalue weighted by Crippen LogP contribution is 2.14. The molecule has 0 unspecified atom stereocenters. The molecule has 31 heavy (non-hydrogen) atoms. The van der Waals surface area contributed by atoms with Crippen LogP contribution in [-0.2, 0) is 0 Å².